The Kier molecular flexibility index (Phi) is 7.53. The van der Waals surface area contributed by atoms with Crippen LogP contribution in [0.5, 0.6) is 0 Å². The van der Waals surface area contributed by atoms with Gasteiger partial charge in [0.05, 0.1) is 6.61 Å². The first-order valence-electron chi connectivity index (χ1n) is 8.00. The van der Waals surface area contributed by atoms with Crippen molar-refractivity contribution >= 4 is 0 Å². The molecule has 0 fully saturated rings. The molecule has 0 saturated heterocycles. The summed E-state index contributed by atoms with van der Waals surface area (Å²) in [7, 11) is 0. The van der Waals surface area contributed by atoms with Gasteiger partial charge < -0.3 is 5.11 Å². The Bertz CT molecular complexity index is 516. The lowest BCUT2D eigenvalue weighted by Gasteiger charge is -2.32. The summed E-state index contributed by atoms with van der Waals surface area (Å²) in [5.41, 5.74) is 4.57. The van der Waals surface area contributed by atoms with Crippen molar-refractivity contribution in [2.75, 3.05) is 13.3 Å². The molecule has 0 bridgehead atoms. The maximum absolute atomic E-state index is 13.1. The highest BCUT2D eigenvalue weighted by atomic mass is 19.1. The molecule has 22 heavy (non-hydrogen) atoms. The summed E-state index contributed by atoms with van der Waals surface area (Å²) in [6.07, 6.45) is 14.7. The second kappa shape index (κ2) is 8.89. The van der Waals surface area contributed by atoms with Gasteiger partial charge in [-0.15, -0.1) is 0 Å². The molecule has 1 nitrogen and oxygen atoms in total. The van der Waals surface area contributed by atoms with Gasteiger partial charge in [-0.2, -0.15) is 0 Å². The van der Waals surface area contributed by atoms with E-state index in [4.69, 9.17) is 5.11 Å². The van der Waals surface area contributed by atoms with E-state index in [1.54, 1.807) is 12.2 Å². The third-order valence-corrected chi connectivity index (χ3v) is 4.24. The van der Waals surface area contributed by atoms with Crippen LogP contribution in [0.4, 0.5) is 4.39 Å². The van der Waals surface area contributed by atoms with Crippen LogP contribution in [0.1, 0.15) is 47.0 Å². The van der Waals surface area contributed by atoms with Crippen molar-refractivity contribution in [1.29, 1.82) is 0 Å². The summed E-state index contributed by atoms with van der Waals surface area (Å²) in [6.45, 7) is 8.16. The Morgan fingerprint density at radius 3 is 2.64 bits per heavy atom. The first-order chi connectivity index (χ1) is 10.4. The summed E-state index contributed by atoms with van der Waals surface area (Å²) in [4.78, 5) is 0. The minimum absolute atomic E-state index is 0.0261. The number of alkyl halides is 1. The van der Waals surface area contributed by atoms with Gasteiger partial charge in [-0.1, -0.05) is 61.4 Å². The Balaban J connectivity index is 2.87. The highest BCUT2D eigenvalue weighted by Gasteiger charge is 2.26. The summed E-state index contributed by atoms with van der Waals surface area (Å²) < 4.78 is 13.1. The third-order valence-electron chi connectivity index (χ3n) is 4.24. The quantitative estimate of drug-likeness (QED) is 0.646. The van der Waals surface area contributed by atoms with Crippen LogP contribution in [-0.4, -0.2) is 18.4 Å². The van der Waals surface area contributed by atoms with Crippen molar-refractivity contribution in [2.45, 2.75) is 47.0 Å². The van der Waals surface area contributed by atoms with Crippen LogP contribution < -0.4 is 0 Å². The molecule has 1 rings (SSSR count). The SMILES string of the molecule is CC1=C(/C=C/C(=C/C=C/C(C)=C/CO)CF)C(C)(C)CCC1. The molecule has 0 amide bonds. The predicted octanol–water partition coefficient (Wildman–Crippen LogP) is 5.46. The van der Waals surface area contributed by atoms with E-state index < -0.39 is 6.67 Å². The van der Waals surface area contributed by atoms with Crippen LogP contribution in [0.3, 0.4) is 0 Å². The smallest absolute Gasteiger partial charge is 0.115 e. The van der Waals surface area contributed by atoms with Gasteiger partial charge in [0.25, 0.3) is 0 Å². The van der Waals surface area contributed by atoms with Gasteiger partial charge in [0, 0.05) is 0 Å². The number of rotatable bonds is 6. The largest absolute Gasteiger partial charge is 0.392 e. The molecule has 0 aromatic heterocycles. The zero-order valence-corrected chi connectivity index (χ0v) is 14.3. The fourth-order valence-electron chi connectivity index (χ4n) is 2.88. The van der Waals surface area contributed by atoms with Crippen LogP contribution in [0.25, 0.3) is 0 Å². The molecule has 122 valence electrons. The van der Waals surface area contributed by atoms with Crippen molar-refractivity contribution < 1.29 is 9.50 Å². The van der Waals surface area contributed by atoms with Crippen molar-refractivity contribution in [2.24, 2.45) is 5.41 Å². The molecule has 1 N–H and O–H groups in total. The van der Waals surface area contributed by atoms with Crippen LogP contribution in [0.2, 0.25) is 0 Å². The predicted molar refractivity (Wildman–Crippen MR) is 93.5 cm³/mol. The standard InChI is InChI=1S/C20H29FO/c1-16(12-14-22)7-5-9-18(15-21)10-11-19-17(2)8-6-13-20(19,3)4/h5,7,9-12,22H,6,8,13-15H2,1-4H3/b7-5+,11-10+,16-12+,18-9-. The fraction of sp³-hybridized carbons (Fsp3) is 0.500. The number of aliphatic hydroxyl groups excluding tert-OH is 1. The van der Waals surface area contributed by atoms with Crippen LogP contribution in [0.15, 0.2) is 58.7 Å². The molecule has 1 aliphatic carbocycles. The summed E-state index contributed by atoms with van der Waals surface area (Å²) in [5, 5.41) is 8.79. The number of hydrogen-bond donors (Lipinski definition) is 1. The molecule has 0 aromatic rings. The Labute approximate surface area is 134 Å². The fourth-order valence-corrected chi connectivity index (χ4v) is 2.88. The molecular formula is C20H29FO. The Hall–Kier alpha value is -1.41. The summed E-state index contributed by atoms with van der Waals surface area (Å²) >= 11 is 0. The second-order valence-electron chi connectivity index (χ2n) is 6.63. The molecule has 0 aliphatic heterocycles. The highest BCUT2D eigenvalue weighted by Crippen LogP contribution is 2.40. The molecular weight excluding hydrogens is 275 g/mol. The van der Waals surface area contributed by atoms with E-state index >= 15 is 0 Å². The molecule has 0 saturated carbocycles. The van der Waals surface area contributed by atoms with Gasteiger partial charge in [0.15, 0.2) is 0 Å². The molecule has 0 radical (unpaired) electrons. The number of halogens is 1. The molecule has 0 atom stereocenters. The average molecular weight is 304 g/mol. The van der Waals surface area contributed by atoms with E-state index in [0.29, 0.717) is 5.57 Å². The minimum atomic E-state index is -0.476. The molecule has 1 aliphatic rings. The Morgan fingerprint density at radius 1 is 1.32 bits per heavy atom. The normalized spacial score (nSPS) is 20.5. The second-order valence-corrected chi connectivity index (χ2v) is 6.63. The highest BCUT2D eigenvalue weighted by molar-refractivity contribution is 5.37. The van der Waals surface area contributed by atoms with Gasteiger partial charge in [0.2, 0.25) is 0 Å². The first-order valence-corrected chi connectivity index (χ1v) is 8.00. The molecule has 0 heterocycles. The average Bonchev–Trinajstić information content (AvgIpc) is 2.44. The molecule has 0 unspecified atom stereocenters. The minimum Gasteiger partial charge on any atom is -0.392 e. The monoisotopic (exact) mass is 304 g/mol. The van der Waals surface area contributed by atoms with E-state index in [2.05, 4.69) is 26.8 Å². The topological polar surface area (TPSA) is 20.2 Å². The maximum Gasteiger partial charge on any atom is 0.115 e. The molecule has 0 aromatic carbocycles. The molecule has 0 spiro atoms. The van der Waals surface area contributed by atoms with Crippen LogP contribution >= 0.6 is 0 Å². The van der Waals surface area contributed by atoms with Gasteiger partial charge in [-0.25, -0.2) is 4.39 Å². The maximum atomic E-state index is 13.1. The first kappa shape index (κ1) is 18.6. The van der Waals surface area contributed by atoms with Crippen LogP contribution in [0, 0.1) is 5.41 Å². The number of aliphatic hydroxyl groups is 1. The Morgan fingerprint density at radius 2 is 2.05 bits per heavy atom. The number of allylic oxidation sites excluding steroid dienone is 9. The van der Waals surface area contributed by atoms with Crippen molar-refractivity contribution in [3.05, 3.63) is 58.7 Å². The van der Waals surface area contributed by atoms with E-state index in [1.165, 1.54) is 24.0 Å². The van der Waals surface area contributed by atoms with E-state index in [0.717, 1.165) is 12.0 Å². The van der Waals surface area contributed by atoms with Crippen molar-refractivity contribution in [3.63, 3.8) is 0 Å². The van der Waals surface area contributed by atoms with Gasteiger partial charge >= 0.3 is 0 Å². The van der Waals surface area contributed by atoms with Crippen molar-refractivity contribution in [1.82, 2.24) is 0 Å². The van der Waals surface area contributed by atoms with E-state index in [1.807, 2.05) is 25.2 Å². The molecule has 2 heteroatoms. The van der Waals surface area contributed by atoms with E-state index in [9.17, 15) is 4.39 Å². The van der Waals surface area contributed by atoms with Gasteiger partial charge in [0.1, 0.15) is 6.67 Å². The lowest BCUT2D eigenvalue weighted by Crippen LogP contribution is -2.19. The lowest BCUT2D eigenvalue weighted by molar-refractivity contribution is 0.342. The van der Waals surface area contributed by atoms with E-state index in [-0.39, 0.29) is 12.0 Å². The van der Waals surface area contributed by atoms with Crippen LogP contribution in [-0.2, 0) is 0 Å². The van der Waals surface area contributed by atoms with Gasteiger partial charge in [-0.05, 0) is 49.7 Å². The third kappa shape index (κ3) is 5.76. The summed E-state index contributed by atoms with van der Waals surface area (Å²) in [5.74, 6) is 0. The van der Waals surface area contributed by atoms with Gasteiger partial charge in [-0.3, -0.25) is 0 Å². The lowest BCUT2D eigenvalue weighted by atomic mass is 9.72. The summed E-state index contributed by atoms with van der Waals surface area (Å²) in [6, 6.07) is 0. The zero-order chi connectivity index (χ0) is 16.6. The number of hydrogen-bond acceptors (Lipinski definition) is 1. The zero-order valence-electron chi connectivity index (χ0n) is 14.3. The van der Waals surface area contributed by atoms with Crippen molar-refractivity contribution in [3.8, 4) is 0 Å².